The van der Waals surface area contributed by atoms with Gasteiger partial charge in [-0.05, 0) is 22.9 Å². The highest BCUT2D eigenvalue weighted by Gasteiger charge is 2.08. The van der Waals surface area contributed by atoms with E-state index in [0.717, 1.165) is 30.2 Å². The summed E-state index contributed by atoms with van der Waals surface area (Å²) in [6.45, 7) is 1.49. The summed E-state index contributed by atoms with van der Waals surface area (Å²) in [7, 11) is 3.42. The van der Waals surface area contributed by atoms with E-state index in [4.69, 9.17) is 9.47 Å². The molecule has 3 aromatic rings. The molecule has 1 N–H and O–H groups in total. The van der Waals surface area contributed by atoms with Crippen molar-refractivity contribution >= 4 is 10.8 Å². The second-order valence-corrected chi connectivity index (χ2v) is 5.38. The van der Waals surface area contributed by atoms with Gasteiger partial charge in [-0.15, -0.1) is 0 Å². The fourth-order valence-corrected chi connectivity index (χ4v) is 2.86. The van der Waals surface area contributed by atoms with Crippen LogP contribution in [0, 0.1) is 0 Å². The number of hydrogen-bond donors (Lipinski definition) is 1. The van der Waals surface area contributed by atoms with Gasteiger partial charge >= 0.3 is 0 Å². The predicted molar refractivity (Wildman–Crippen MR) is 94.0 cm³/mol. The lowest BCUT2D eigenvalue weighted by Gasteiger charge is -2.14. The zero-order valence-corrected chi connectivity index (χ0v) is 13.5. The number of benzene rings is 3. The molecule has 3 aromatic carbocycles. The Kier molecular flexibility index (Phi) is 4.79. The van der Waals surface area contributed by atoms with Crippen LogP contribution < -0.4 is 14.8 Å². The molecular weight excluding hydrogens is 286 g/mol. The van der Waals surface area contributed by atoms with E-state index in [0.29, 0.717) is 0 Å². The van der Waals surface area contributed by atoms with Crippen LogP contribution >= 0.6 is 0 Å². The Morgan fingerprint density at radius 1 is 0.739 bits per heavy atom. The first-order valence-corrected chi connectivity index (χ1v) is 7.70. The van der Waals surface area contributed by atoms with Gasteiger partial charge in [-0.3, -0.25) is 0 Å². The van der Waals surface area contributed by atoms with E-state index in [-0.39, 0.29) is 0 Å². The van der Waals surface area contributed by atoms with E-state index in [1.807, 2.05) is 24.3 Å². The van der Waals surface area contributed by atoms with Gasteiger partial charge < -0.3 is 14.8 Å². The quantitative estimate of drug-likeness (QED) is 0.742. The SMILES string of the molecule is COc1ccccc1CNCc1c(OC)ccc2ccccc12. The van der Waals surface area contributed by atoms with Crippen LogP contribution in [0.5, 0.6) is 11.5 Å². The first kappa shape index (κ1) is 15.4. The highest BCUT2D eigenvalue weighted by molar-refractivity contribution is 5.87. The van der Waals surface area contributed by atoms with Crippen LogP contribution in [-0.2, 0) is 13.1 Å². The van der Waals surface area contributed by atoms with Crippen molar-refractivity contribution in [3.63, 3.8) is 0 Å². The number of rotatable bonds is 6. The Morgan fingerprint density at radius 2 is 1.48 bits per heavy atom. The van der Waals surface area contributed by atoms with Crippen molar-refractivity contribution in [3.05, 3.63) is 71.8 Å². The first-order chi connectivity index (χ1) is 11.3. The third-order valence-corrected chi connectivity index (χ3v) is 4.03. The van der Waals surface area contributed by atoms with Crippen LogP contribution in [0.25, 0.3) is 10.8 Å². The lowest BCUT2D eigenvalue weighted by atomic mass is 10.0. The van der Waals surface area contributed by atoms with Gasteiger partial charge in [-0.2, -0.15) is 0 Å². The molecule has 3 rings (SSSR count). The molecule has 23 heavy (non-hydrogen) atoms. The maximum absolute atomic E-state index is 5.54. The van der Waals surface area contributed by atoms with Gasteiger partial charge in [0.25, 0.3) is 0 Å². The summed E-state index contributed by atoms with van der Waals surface area (Å²) in [6, 6.07) is 20.6. The zero-order chi connectivity index (χ0) is 16.1. The van der Waals surface area contributed by atoms with Crippen LogP contribution in [0.4, 0.5) is 0 Å². The number of fused-ring (bicyclic) bond motifs is 1. The smallest absolute Gasteiger partial charge is 0.123 e. The van der Waals surface area contributed by atoms with E-state index < -0.39 is 0 Å². The van der Waals surface area contributed by atoms with E-state index in [1.165, 1.54) is 16.3 Å². The molecule has 0 heterocycles. The lowest BCUT2D eigenvalue weighted by Crippen LogP contribution is -2.14. The molecule has 0 saturated heterocycles. The summed E-state index contributed by atoms with van der Waals surface area (Å²) in [5.74, 6) is 1.82. The summed E-state index contributed by atoms with van der Waals surface area (Å²) >= 11 is 0. The van der Waals surface area contributed by atoms with E-state index in [2.05, 4.69) is 41.7 Å². The molecule has 3 nitrogen and oxygen atoms in total. The molecule has 0 spiro atoms. The molecule has 0 amide bonds. The Labute approximate surface area is 136 Å². The van der Waals surface area contributed by atoms with Gasteiger partial charge in [-0.25, -0.2) is 0 Å². The second kappa shape index (κ2) is 7.16. The largest absolute Gasteiger partial charge is 0.496 e. The van der Waals surface area contributed by atoms with Crippen LogP contribution in [0.15, 0.2) is 60.7 Å². The van der Waals surface area contributed by atoms with Crippen molar-refractivity contribution in [2.45, 2.75) is 13.1 Å². The molecule has 3 heteroatoms. The highest BCUT2D eigenvalue weighted by atomic mass is 16.5. The predicted octanol–water partition coefficient (Wildman–Crippen LogP) is 4.15. The van der Waals surface area contributed by atoms with Crippen molar-refractivity contribution < 1.29 is 9.47 Å². The number of para-hydroxylation sites is 1. The Bertz CT molecular complexity index is 799. The topological polar surface area (TPSA) is 30.5 Å². The Morgan fingerprint density at radius 3 is 2.30 bits per heavy atom. The van der Waals surface area contributed by atoms with E-state index in [9.17, 15) is 0 Å². The normalized spacial score (nSPS) is 10.7. The summed E-state index contributed by atoms with van der Waals surface area (Å²) in [5, 5.41) is 5.95. The molecular formula is C20H21NO2. The molecule has 0 aromatic heterocycles. The van der Waals surface area contributed by atoms with Crippen LogP contribution in [0.2, 0.25) is 0 Å². The van der Waals surface area contributed by atoms with Crippen molar-refractivity contribution in [2.75, 3.05) is 14.2 Å². The highest BCUT2D eigenvalue weighted by Crippen LogP contribution is 2.28. The van der Waals surface area contributed by atoms with Gasteiger partial charge in [0.2, 0.25) is 0 Å². The van der Waals surface area contributed by atoms with Crippen molar-refractivity contribution in [3.8, 4) is 11.5 Å². The van der Waals surface area contributed by atoms with Gasteiger partial charge in [0.05, 0.1) is 14.2 Å². The van der Waals surface area contributed by atoms with Gasteiger partial charge in [0.15, 0.2) is 0 Å². The maximum Gasteiger partial charge on any atom is 0.123 e. The minimum absolute atomic E-state index is 0.739. The Balaban J connectivity index is 1.81. The lowest BCUT2D eigenvalue weighted by molar-refractivity contribution is 0.404. The van der Waals surface area contributed by atoms with Crippen LogP contribution in [0.3, 0.4) is 0 Å². The van der Waals surface area contributed by atoms with Gasteiger partial charge in [0, 0.05) is 24.2 Å². The maximum atomic E-state index is 5.54. The zero-order valence-electron chi connectivity index (χ0n) is 13.5. The number of methoxy groups -OCH3 is 2. The van der Waals surface area contributed by atoms with Crippen molar-refractivity contribution in [1.82, 2.24) is 5.32 Å². The molecule has 0 radical (unpaired) electrons. The first-order valence-electron chi connectivity index (χ1n) is 7.70. The molecule has 0 aliphatic heterocycles. The standard InChI is InChI=1S/C20H21NO2/c1-22-19-10-6-4-8-16(19)13-21-14-18-17-9-5-3-7-15(17)11-12-20(18)23-2/h3-12,21H,13-14H2,1-2H3. The summed E-state index contributed by atoms with van der Waals surface area (Å²) in [4.78, 5) is 0. The summed E-state index contributed by atoms with van der Waals surface area (Å²) < 4.78 is 10.9. The minimum Gasteiger partial charge on any atom is -0.496 e. The second-order valence-electron chi connectivity index (χ2n) is 5.38. The third kappa shape index (κ3) is 3.30. The number of hydrogen-bond acceptors (Lipinski definition) is 3. The van der Waals surface area contributed by atoms with E-state index >= 15 is 0 Å². The van der Waals surface area contributed by atoms with E-state index in [1.54, 1.807) is 14.2 Å². The van der Waals surface area contributed by atoms with Crippen molar-refractivity contribution in [1.29, 1.82) is 0 Å². The fourth-order valence-electron chi connectivity index (χ4n) is 2.86. The molecule has 0 unspecified atom stereocenters. The summed E-state index contributed by atoms with van der Waals surface area (Å²) in [5.41, 5.74) is 2.33. The third-order valence-electron chi connectivity index (χ3n) is 4.03. The van der Waals surface area contributed by atoms with Gasteiger partial charge in [-0.1, -0.05) is 48.5 Å². The molecule has 0 saturated carbocycles. The minimum atomic E-state index is 0.739. The van der Waals surface area contributed by atoms with Crippen LogP contribution in [0.1, 0.15) is 11.1 Å². The number of ether oxygens (including phenoxy) is 2. The molecule has 0 aliphatic rings. The van der Waals surface area contributed by atoms with Crippen LogP contribution in [-0.4, -0.2) is 14.2 Å². The van der Waals surface area contributed by atoms with Crippen molar-refractivity contribution in [2.24, 2.45) is 0 Å². The molecule has 0 bridgehead atoms. The average molecular weight is 307 g/mol. The monoisotopic (exact) mass is 307 g/mol. The van der Waals surface area contributed by atoms with Gasteiger partial charge in [0.1, 0.15) is 11.5 Å². The Hall–Kier alpha value is -2.52. The molecule has 118 valence electrons. The fraction of sp³-hybridized carbons (Fsp3) is 0.200. The molecule has 0 fully saturated rings. The molecule has 0 aliphatic carbocycles. The number of nitrogens with one attached hydrogen (secondary N) is 1. The summed E-state index contributed by atoms with van der Waals surface area (Å²) in [6.07, 6.45) is 0. The molecule has 0 atom stereocenters. The average Bonchev–Trinajstić information content (AvgIpc) is 2.62.